The molecule has 1 fully saturated rings. The summed E-state index contributed by atoms with van der Waals surface area (Å²) >= 11 is 1.71. The summed E-state index contributed by atoms with van der Waals surface area (Å²) in [4.78, 5) is 29.5. The first kappa shape index (κ1) is 17.8. The summed E-state index contributed by atoms with van der Waals surface area (Å²) in [5.41, 5.74) is 0. The molecule has 0 bridgehead atoms. The van der Waals surface area contributed by atoms with Crippen LogP contribution in [0, 0.1) is 0 Å². The molecule has 1 aliphatic heterocycles. The number of nitrogens with zero attached hydrogens (tertiary/aromatic N) is 2. The van der Waals surface area contributed by atoms with Gasteiger partial charge in [-0.1, -0.05) is 18.2 Å². The minimum atomic E-state index is -0.0102. The van der Waals surface area contributed by atoms with Crippen LogP contribution in [0.1, 0.15) is 17.0 Å². The summed E-state index contributed by atoms with van der Waals surface area (Å²) in [5.74, 6) is 1.38. The van der Waals surface area contributed by atoms with Crippen molar-refractivity contribution in [3.05, 3.63) is 54.5 Å². The number of carbonyl (C=O) groups is 2. The molecule has 1 amide bonds. The van der Waals surface area contributed by atoms with E-state index in [1.807, 2.05) is 23.1 Å². The van der Waals surface area contributed by atoms with E-state index >= 15 is 0 Å². The van der Waals surface area contributed by atoms with Gasteiger partial charge in [0.2, 0.25) is 11.7 Å². The fraction of sp³-hybridized carbons (Fsp3) is 0.368. The highest BCUT2D eigenvalue weighted by molar-refractivity contribution is 7.99. The molecule has 132 valence electrons. The number of carbonyl (C=O) groups excluding carboxylic acids is 2. The molecule has 0 spiro atoms. The highest BCUT2D eigenvalue weighted by Gasteiger charge is 2.23. The number of hydrogen-bond acceptors (Lipinski definition) is 5. The molecule has 0 aliphatic carbocycles. The van der Waals surface area contributed by atoms with Gasteiger partial charge in [-0.25, -0.2) is 0 Å². The number of thioether (sulfide) groups is 1. The first-order valence-corrected chi connectivity index (χ1v) is 9.45. The predicted molar refractivity (Wildman–Crippen MR) is 97.8 cm³/mol. The van der Waals surface area contributed by atoms with Crippen LogP contribution >= 0.6 is 11.8 Å². The maximum atomic E-state index is 12.3. The van der Waals surface area contributed by atoms with E-state index in [1.54, 1.807) is 23.9 Å². The van der Waals surface area contributed by atoms with Gasteiger partial charge in [-0.2, -0.15) is 0 Å². The molecule has 1 aromatic heterocycles. The molecule has 1 saturated heterocycles. The van der Waals surface area contributed by atoms with Gasteiger partial charge in [-0.05, 0) is 24.3 Å². The molecule has 0 atom stereocenters. The number of rotatable bonds is 7. The van der Waals surface area contributed by atoms with Gasteiger partial charge in [0.25, 0.3) is 0 Å². The highest BCUT2D eigenvalue weighted by atomic mass is 32.2. The van der Waals surface area contributed by atoms with Crippen molar-refractivity contribution >= 4 is 23.5 Å². The molecule has 0 unspecified atom stereocenters. The van der Waals surface area contributed by atoms with Crippen LogP contribution in [0.5, 0.6) is 0 Å². The zero-order valence-electron chi connectivity index (χ0n) is 14.1. The second-order valence-corrected chi connectivity index (χ2v) is 7.14. The van der Waals surface area contributed by atoms with Crippen molar-refractivity contribution in [2.24, 2.45) is 0 Å². The van der Waals surface area contributed by atoms with Gasteiger partial charge in [0.15, 0.2) is 5.76 Å². The molecule has 1 aromatic carbocycles. The van der Waals surface area contributed by atoms with E-state index in [2.05, 4.69) is 17.0 Å². The predicted octanol–water partition coefficient (Wildman–Crippen LogP) is 2.79. The molecule has 3 rings (SSSR count). The first-order valence-electron chi connectivity index (χ1n) is 8.47. The molecule has 1 aliphatic rings. The minimum Gasteiger partial charge on any atom is -0.461 e. The molecule has 25 heavy (non-hydrogen) atoms. The zero-order valence-corrected chi connectivity index (χ0v) is 14.9. The van der Waals surface area contributed by atoms with E-state index in [-0.39, 0.29) is 11.7 Å². The standard InChI is InChI=1S/C19H22N2O3S/c22-17(18-7-4-13-24-18)15-20-9-11-21(12-10-20)19(23)8-14-25-16-5-2-1-3-6-16/h1-7,13H,8-12,14-15H2. The average molecular weight is 358 g/mol. The van der Waals surface area contributed by atoms with Crippen molar-refractivity contribution in [2.75, 3.05) is 38.5 Å². The number of amides is 1. The largest absolute Gasteiger partial charge is 0.461 e. The summed E-state index contributed by atoms with van der Waals surface area (Å²) in [5, 5.41) is 0. The molecule has 0 radical (unpaired) electrons. The molecular formula is C19H22N2O3S. The lowest BCUT2D eigenvalue weighted by molar-refractivity contribution is -0.132. The van der Waals surface area contributed by atoms with Gasteiger partial charge in [0.05, 0.1) is 12.8 Å². The molecular weight excluding hydrogens is 336 g/mol. The Labute approximate surface area is 152 Å². The van der Waals surface area contributed by atoms with Gasteiger partial charge in [-0.3, -0.25) is 14.5 Å². The van der Waals surface area contributed by atoms with Gasteiger partial charge < -0.3 is 9.32 Å². The molecule has 0 N–H and O–H groups in total. The summed E-state index contributed by atoms with van der Waals surface area (Å²) in [6.07, 6.45) is 2.06. The molecule has 6 heteroatoms. The third kappa shape index (κ3) is 5.21. The molecule has 5 nitrogen and oxygen atoms in total. The quantitative estimate of drug-likeness (QED) is 0.563. The van der Waals surface area contributed by atoms with Crippen LogP contribution in [-0.2, 0) is 4.79 Å². The Hall–Kier alpha value is -2.05. The lowest BCUT2D eigenvalue weighted by atomic mass is 10.2. The van der Waals surface area contributed by atoms with Crippen molar-refractivity contribution < 1.29 is 14.0 Å². The van der Waals surface area contributed by atoms with Crippen molar-refractivity contribution in [1.82, 2.24) is 9.80 Å². The Bertz CT molecular complexity index is 680. The lowest BCUT2D eigenvalue weighted by Gasteiger charge is -2.34. The van der Waals surface area contributed by atoms with Gasteiger partial charge in [-0.15, -0.1) is 11.8 Å². The second kappa shape index (κ2) is 8.87. The molecule has 0 saturated carbocycles. The topological polar surface area (TPSA) is 53.8 Å². The van der Waals surface area contributed by atoms with Crippen molar-refractivity contribution in [2.45, 2.75) is 11.3 Å². The van der Waals surface area contributed by atoms with Crippen LogP contribution in [0.4, 0.5) is 0 Å². The summed E-state index contributed by atoms with van der Waals surface area (Å²) in [6.45, 7) is 3.16. The van der Waals surface area contributed by atoms with Crippen molar-refractivity contribution in [3.8, 4) is 0 Å². The molecule has 2 aromatic rings. The van der Waals surface area contributed by atoms with E-state index in [1.165, 1.54) is 11.2 Å². The van der Waals surface area contributed by atoms with Gasteiger partial charge >= 0.3 is 0 Å². The molecule has 2 heterocycles. The maximum absolute atomic E-state index is 12.3. The van der Waals surface area contributed by atoms with E-state index in [4.69, 9.17) is 4.42 Å². The number of Topliss-reactive ketones (excluding diaryl/α,β-unsaturated/α-hetero) is 1. The van der Waals surface area contributed by atoms with Crippen LogP contribution in [0.15, 0.2) is 58.0 Å². The minimum absolute atomic E-state index is 0.0102. The number of ketones is 1. The Morgan fingerprint density at radius 1 is 1.00 bits per heavy atom. The highest BCUT2D eigenvalue weighted by Crippen LogP contribution is 2.18. The monoisotopic (exact) mass is 358 g/mol. The van der Waals surface area contributed by atoms with E-state index in [0.29, 0.717) is 31.8 Å². The fourth-order valence-electron chi connectivity index (χ4n) is 2.80. The van der Waals surface area contributed by atoms with Crippen LogP contribution in [0.2, 0.25) is 0 Å². The van der Waals surface area contributed by atoms with Crippen molar-refractivity contribution in [3.63, 3.8) is 0 Å². The van der Waals surface area contributed by atoms with E-state index in [0.717, 1.165) is 18.8 Å². The average Bonchev–Trinajstić information content (AvgIpc) is 3.18. The van der Waals surface area contributed by atoms with Crippen molar-refractivity contribution in [1.29, 1.82) is 0 Å². The number of furan rings is 1. The van der Waals surface area contributed by atoms with Crippen LogP contribution in [0.25, 0.3) is 0 Å². The first-order chi connectivity index (χ1) is 12.2. The number of hydrogen-bond donors (Lipinski definition) is 0. The van der Waals surface area contributed by atoms with Crippen LogP contribution < -0.4 is 0 Å². The third-order valence-corrected chi connectivity index (χ3v) is 5.23. The van der Waals surface area contributed by atoms with E-state index in [9.17, 15) is 9.59 Å². The van der Waals surface area contributed by atoms with Crippen LogP contribution in [0.3, 0.4) is 0 Å². The normalized spacial score (nSPS) is 15.3. The Kier molecular flexibility index (Phi) is 6.30. The summed E-state index contributed by atoms with van der Waals surface area (Å²) in [6, 6.07) is 13.5. The smallest absolute Gasteiger partial charge is 0.223 e. The Balaban J connectivity index is 1.36. The summed E-state index contributed by atoms with van der Waals surface area (Å²) in [7, 11) is 0. The Morgan fingerprint density at radius 3 is 2.44 bits per heavy atom. The zero-order chi connectivity index (χ0) is 17.5. The maximum Gasteiger partial charge on any atom is 0.223 e. The third-order valence-electron chi connectivity index (χ3n) is 4.22. The fourth-order valence-corrected chi connectivity index (χ4v) is 3.67. The van der Waals surface area contributed by atoms with Gasteiger partial charge in [0, 0.05) is 43.2 Å². The number of piperazine rings is 1. The SMILES string of the molecule is O=C(CN1CCN(C(=O)CCSc2ccccc2)CC1)c1ccco1. The number of benzene rings is 1. The Morgan fingerprint density at radius 2 is 1.76 bits per heavy atom. The van der Waals surface area contributed by atoms with Crippen LogP contribution in [-0.4, -0.2) is 60.0 Å². The summed E-state index contributed by atoms with van der Waals surface area (Å²) < 4.78 is 5.13. The lowest BCUT2D eigenvalue weighted by Crippen LogP contribution is -2.49. The van der Waals surface area contributed by atoms with Gasteiger partial charge in [0.1, 0.15) is 0 Å². The van der Waals surface area contributed by atoms with E-state index < -0.39 is 0 Å². The second-order valence-electron chi connectivity index (χ2n) is 5.97.